The second-order valence-electron chi connectivity index (χ2n) is 5.81. The van der Waals surface area contributed by atoms with Crippen molar-refractivity contribution in [1.82, 2.24) is 4.98 Å². The van der Waals surface area contributed by atoms with Crippen molar-refractivity contribution in [2.24, 2.45) is 5.41 Å². The second-order valence-corrected chi connectivity index (χ2v) is 5.81. The molecule has 0 radical (unpaired) electrons. The minimum Gasteiger partial charge on any atom is -0.496 e. The monoisotopic (exact) mass is 229 g/mol. The third-order valence-corrected chi connectivity index (χ3v) is 3.90. The van der Waals surface area contributed by atoms with Gasteiger partial charge in [-0.3, -0.25) is 0 Å². The molecule has 1 aliphatic rings. The average molecular weight is 229 g/mol. The van der Waals surface area contributed by atoms with Crippen molar-refractivity contribution < 1.29 is 4.74 Å². The lowest BCUT2D eigenvalue weighted by Gasteiger charge is -2.29. The van der Waals surface area contributed by atoms with Crippen LogP contribution in [0.4, 0.5) is 0 Å². The van der Waals surface area contributed by atoms with Gasteiger partial charge in [-0.25, -0.2) is 0 Å². The molecule has 0 atom stereocenters. The third kappa shape index (κ3) is 1.63. The van der Waals surface area contributed by atoms with Crippen LogP contribution in [0.1, 0.15) is 31.5 Å². The molecule has 0 saturated heterocycles. The molecule has 2 heteroatoms. The van der Waals surface area contributed by atoms with Gasteiger partial charge in [0.1, 0.15) is 5.75 Å². The summed E-state index contributed by atoms with van der Waals surface area (Å²) in [6.45, 7) is 4.69. The van der Waals surface area contributed by atoms with E-state index in [2.05, 4.69) is 31.0 Å². The number of aromatic amines is 1. The lowest BCUT2D eigenvalue weighted by molar-refractivity contribution is 0.313. The number of methoxy groups -OCH3 is 1. The van der Waals surface area contributed by atoms with E-state index in [1.807, 2.05) is 6.07 Å². The molecule has 90 valence electrons. The van der Waals surface area contributed by atoms with E-state index in [9.17, 15) is 0 Å². The summed E-state index contributed by atoms with van der Waals surface area (Å²) in [6, 6.07) is 6.24. The smallest absolute Gasteiger partial charge is 0.128 e. The molecule has 1 aromatic carbocycles. The molecule has 0 spiro atoms. The Bertz CT molecular complexity index is 566. The highest BCUT2D eigenvalue weighted by molar-refractivity contribution is 5.90. The first-order valence-corrected chi connectivity index (χ1v) is 6.27. The van der Waals surface area contributed by atoms with Crippen molar-refractivity contribution in [3.63, 3.8) is 0 Å². The topological polar surface area (TPSA) is 25.0 Å². The van der Waals surface area contributed by atoms with Crippen LogP contribution in [0.25, 0.3) is 10.9 Å². The van der Waals surface area contributed by atoms with Crippen LogP contribution in [-0.2, 0) is 12.8 Å². The number of fused-ring (bicyclic) bond motifs is 3. The molecule has 0 amide bonds. The maximum atomic E-state index is 5.48. The second kappa shape index (κ2) is 3.52. The lowest BCUT2D eigenvalue weighted by Crippen LogP contribution is -2.21. The Balaban J connectivity index is 2.23. The van der Waals surface area contributed by atoms with Crippen LogP contribution in [0.5, 0.6) is 5.75 Å². The van der Waals surface area contributed by atoms with Crippen LogP contribution < -0.4 is 4.74 Å². The van der Waals surface area contributed by atoms with E-state index in [1.54, 1.807) is 7.11 Å². The van der Waals surface area contributed by atoms with Crippen molar-refractivity contribution in [3.8, 4) is 5.75 Å². The quantitative estimate of drug-likeness (QED) is 0.792. The van der Waals surface area contributed by atoms with E-state index >= 15 is 0 Å². The van der Waals surface area contributed by atoms with Crippen molar-refractivity contribution >= 4 is 10.9 Å². The fraction of sp³-hybridized carbons (Fsp3) is 0.467. The fourth-order valence-electron chi connectivity index (χ4n) is 2.96. The molecular formula is C15H19NO. The molecule has 0 bridgehead atoms. The molecule has 3 rings (SSSR count). The highest BCUT2D eigenvalue weighted by atomic mass is 16.5. The molecule has 0 unspecified atom stereocenters. The summed E-state index contributed by atoms with van der Waals surface area (Å²) >= 11 is 0. The Morgan fingerprint density at radius 3 is 2.88 bits per heavy atom. The standard InChI is InChI=1S/C15H19NO/c1-15(2)8-7-10-12(9-15)16-11-5-4-6-13(17-3)14(10)11/h4-6,16H,7-9H2,1-3H3. The summed E-state index contributed by atoms with van der Waals surface area (Å²) in [4.78, 5) is 3.57. The van der Waals surface area contributed by atoms with Crippen LogP contribution in [0.3, 0.4) is 0 Å². The van der Waals surface area contributed by atoms with Crippen LogP contribution in [0.15, 0.2) is 18.2 Å². The summed E-state index contributed by atoms with van der Waals surface area (Å²) in [5.41, 5.74) is 4.51. The van der Waals surface area contributed by atoms with Gasteiger partial charge in [-0.05, 0) is 42.4 Å². The molecule has 0 saturated carbocycles. The van der Waals surface area contributed by atoms with Gasteiger partial charge in [0.05, 0.1) is 7.11 Å². The maximum Gasteiger partial charge on any atom is 0.128 e. The number of aryl methyl sites for hydroxylation is 1. The van der Waals surface area contributed by atoms with Crippen LogP contribution in [0, 0.1) is 5.41 Å². The van der Waals surface area contributed by atoms with E-state index in [0.29, 0.717) is 5.41 Å². The summed E-state index contributed by atoms with van der Waals surface area (Å²) in [5, 5.41) is 1.29. The minimum atomic E-state index is 0.418. The van der Waals surface area contributed by atoms with Gasteiger partial charge < -0.3 is 9.72 Å². The molecule has 2 nitrogen and oxygen atoms in total. The average Bonchev–Trinajstić information content (AvgIpc) is 2.64. The minimum absolute atomic E-state index is 0.418. The van der Waals surface area contributed by atoms with Crippen molar-refractivity contribution in [2.75, 3.05) is 7.11 Å². The maximum absolute atomic E-state index is 5.48. The zero-order valence-corrected chi connectivity index (χ0v) is 10.8. The third-order valence-electron chi connectivity index (χ3n) is 3.90. The number of H-pyrrole nitrogens is 1. The molecule has 1 aliphatic carbocycles. The highest BCUT2D eigenvalue weighted by Gasteiger charge is 2.28. The van der Waals surface area contributed by atoms with E-state index in [0.717, 1.165) is 18.6 Å². The summed E-state index contributed by atoms with van der Waals surface area (Å²) < 4.78 is 5.48. The van der Waals surface area contributed by atoms with E-state index < -0.39 is 0 Å². The van der Waals surface area contributed by atoms with Crippen LogP contribution in [-0.4, -0.2) is 12.1 Å². The first-order chi connectivity index (χ1) is 8.11. The van der Waals surface area contributed by atoms with E-state index in [-0.39, 0.29) is 0 Å². The number of nitrogens with one attached hydrogen (secondary N) is 1. The molecule has 0 aliphatic heterocycles. The Morgan fingerprint density at radius 2 is 2.12 bits per heavy atom. The number of aromatic nitrogens is 1. The number of rotatable bonds is 1. The van der Waals surface area contributed by atoms with Gasteiger partial charge in [-0.15, -0.1) is 0 Å². The molecule has 17 heavy (non-hydrogen) atoms. The van der Waals surface area contributed by atoms with Gasteiger partial charge in [0.2, 0.25) is 0 Å². The Labute approximate surface area is 102 Å². The SMILES string of the molecule is COc1cccc2[nH]c3c(c12)CCC(C)(C)C3. The Morgan fingerprint density at radius 1 is 1.29 bits per heavy atom. The summed E-state index contributed by atoms with van der Waals surface area (Å²) in [6.07, 6.45) is 3.55. The number of hydrogen-bond donors (Lipinski definition) is 1. The lowest BCUT2D eigenvalue weighted by atomic mass is 9.76. The van der Waals surface area contributed by atoms with Gasteiger partial charge >= 0.3 is 0 Å². The van der Waals surface area contributed by atoms with Gasteiger partial charge in [0, 0.05) is 16.6 Å². The number of ether oxygens (including phenoxy) is 1. The zero-order valence-electron chi connectivity index (χ0n) is 10.8. The highest BCUT2D eigenvalue weighted by Crippen LogP contribution is 2.40. The molecule has 1 heterocycles. The molecule has 2 aromatic rings. The Hall–Kier alpha value is -1.44. The fourth-order valence-corrected chi connectivity index (χ4v) is 2.96. The first kappa shape index (κ1) is 10.7. The first-order valence-electron chi connectivity index (χ1n) is 6.27. The van der Waals surface area contributed by atoms with Gasteiger partial charge in [-0.2, -0.15) is 0 Å². The zero-order chi connectivity index (χ0) is 12.0. The predicted molar refractivity (Wildman–Crippen MR) is 70.7 cm³/mol. The molecule has 1 aromatic heterocycles. The normalized spacial score (nSPS) is 18.1. The van der Waals surface area contributed by atoms with Crippen molar-refractivity contribution in [1.29, 1.82) is 0 Å². The molecule has 1 N–H and O–H groups in total. The number of hydrogen-bond acceptors (Lipinski definition) is 1. The van der Waals surface area contributed by atoms with Crippen molar-refractivity contribution in [2.45, 2.75) is 33.1 Å². The van der Waals surface area contributed by atoms with Crippen molar-refractivity contribution in [3.05, 3.63) is 29.5 Å². The number of benzene rings is 1. The summed E-state index contributed by atoms with van der Waals surface area (Å²) in [7, 11) is 1.75. The van der Waals surface area contributed by atoms with E-state index in [1.165, 1.54) is 28.6 Å². The molecular weight excluding hydrogens is 210 g/mol. The van der Waals surface area contributed by atoms with Gasteiger partial charge in [0.15, 0.2) is 0 Å². The largest absolute Gasteiger partial charge is 0.496 e. The van der Waals surface area contributed by atoms with Crippen LogP contribution >= 0.6 is 0 Å². The van der Waals surface area contributed by atoms with Gasteiger partial charge in [0.25, 0.3) is 0 Å². The van der Waals surface area contributed by atoms with Crippen LogP contribution in [0.2, 0.25) is 0 Å². The van der Waals surface area contributed by atoms with Gasteiger partial charge in [-0.1, -0.05) is 19.9 Å². The summed E-state index contributed by atoms with van der Waals surface area (Å²) in [5.74, 6) is 1.000. The van der Waals surface area contributed by atoms with E-state index in [4.69, 9.17) is 4.74 Å². The predicted octanol–water partition coefficient (Wildman–Crippen LogP) is 3.69. The Kier molecular flexibility index (Phi) is 2.22. The molecule has 0 fully saturated rings.